The van der Waals surface area contributed by atoms with Crippen LogP contribution in [0.3, 0.4) is 0 Å². The summed E-state index contributed by atoms with van der Waals surface area (Å²) >= 11 is 0. The molecule has 0 saturated carbocycles. The zero-order chi connectivity index (χ0) is 21.8. The molecule has 1 fully saturated rings. The number of amides is 2. The van der Waals surface area contributed by atoms with Crippen molar-refractivity contribution in [2.75, 3.05) is 19.6 Å². The van der Waals surface area contributed by atoms with Gasteiger partial charge in [0.25, 0.3) is 5.91 Å². The lowest BCUT2D eigenvalue weighted by atomic mass is 9.66. The summed E-state index contributed by atoms with van der Waals surface area (Å²) in [5.74, 6) is -2.27. The van der Waals surface area contributed by atoms with Crippen LogP contribution in [-0.2, 0) is 14.4 Å². The van der Waals surface area contributed by atoms with Crippen molar-refractivity contribution < 1.29 is 19.5 Å². The van der Waals surface area contributed by atoms with Crippen molar-refractivity contribution in [1.82, 2.24) is 9.80 Å². The van der Waals surface area contributed by atoms with Gasteiger partial charge in [-0.25, -0.2) is 9.79 Å². The average molecular weight is 409 g/mol. The Balaban J connectivity index is 1.79. The minimum Gasteiger partial charge on any atom is -0.477 e. The molecule has 3 atom stereocenters. The molecule has 4 rings (SSSR count). The van der Waals surface area contributed by atoms with Gasteiger partial charge in [0.15, 0.2) is 0 Å². The highest BCUT2D eigenvalue weighted by Crippen LogP contribution is 2.48. The van der Waals surface area contributed by atoms with Crippen LogP contribution in [0.4, 0.5) is 0 Å². The van der Waals surface area contributed by atoms with Crippen LogP contribution in [0.1, 0.15) is 20.8 Å². The van der Waals surface area contributed by atoms with Gasteiger partial charge in [-0.3, -0.25) is 19.5 Å². The number of nitriles is 1. The quantitative estimate of drug-likeness (QED) is 0.726. The molecule has 1 N–H and O–H groups in total. The molecule has 3 unspecified atom stereocenters. The fourth-order valence-corrected chi connectivity index (χ4v) is 5.05. The summed E-state index contributed by atoms with van der Waals surface area (Å²) < 4.78 is 0. The first-order valence-corrected chi connectivity index (χ1v) is 9.94. The molecule has 9 nitrogen and oxygen atoms in total. The third kappa shape index (κ3) is 2.67. The summed E-state index contributed by atoms with van der Waals surface area (Å²) in [4.78, 5) is 49.9. The number of carboxylic acid groups (broad SMARTS) is 1. The Bertz CT molecular complexity index is 995. The minimum atomic E-state index is -1.26. The first kappa shape index (κ1) is 20.2. The topological polar surface area (TPSA) is 126 Å². The summed E-state index contributed by atoms with van der Waals surface area (Å²) in [6.07, 6.45) is 4.71. The second-order valence-electron chi connectivity index (χ2n) is 8.59. The summed E-state index contributed by atoms with van der Waals surface area (Å²) in [6.45, 7) is 6.76. The lowest BCUT2D eigenvalue weighted by molar-refractivity contribution is -0.147. The lowest BCUT2D eigenvalue weighted by Crippen LogP contribution is -2.65. The number of nitrogens with zero attached hydrogens (tertiary/aromatic N) is 5. The van der Waals surface area contributed by atoms with Crippen molar-refractivity contribution in [3.8, 4) is 6.07 Å². The maximum Gasteiger partial charge on any atom is 0.351 e. The van der Waals surface area contributed by atoms with E-state index in [1.54, 1.807) is 22.1 Å². The van der Waals surface area contributed by atoms with Crippen LogP contribution in [0.2, 0.25) is 0 Å². The first-order chi connectivity index (χ1) is 14.2. The number of likely N-dealkylation sites (tertiary alicyclic amines) is 1. The van der Waals surface area contributed by atoms with Gasteiger partial charge in [0.05, 0.1) is 23.4 Å². The normalized spacial score (nSPS) is 29.3. The molecule has 4 heterocycles. The van der Waals surface area contributed by atoms with E-state index in [1.165, 1.54) is 6.20 Å². The molecular formula is C21H23N5O4. The van der Waals surface area contributed by atoms with Crippen molar-refractivity contribution in [3.05, 3.63) is 23.4 Å². The third-order valence-electron chi connectivity index (χ3n) is 6.38. The SMILES string of the molecule is CC1=C2C=NC=CC23C(C(=O)O)=NC(=O)C3N(C(C(=O)N2CC(C#N)C2)C(C)C)C1. The number of carbonyl (C=O) groups is 3. The molecule has 30 heavy (non-hydrogen) atoms. The fourth-order valence-electron chi connectivity index (χ4n) is 5.05. The van der Waals surface area contributed by atoms with Crippen molar-refractivity contribution >= 4 is 29.7 Å². The zero-order valence-electron chi connectivity index (χ0n) is 17.1. The van der Waals surface area contributed by atoms with E-state index in [2.05, 4.69) is 16.1 Å². The number of hydrogen-bond acceptors (Lipinski definition) is 6. The van der Waals surface area contributed by atoms with Crippen molar-refractivity contribution in [2.24, 2.45) is 27.2 Å². The Morgan fingerprint density at radius 3 is 2.67 bits per heavy atom. The predicted octanol–water partition coefficient (Wildman–Crippen LogP) is 0.644. The van der Waals surface area contributed by atoms with Crippen LogP contribution in [0.5, 0.6) is 0 Å². The highest BCUT2D eigenvalue weighted by atomic mass is 16.4. The molecule has 1 spiro atoms. The van der Waals surface area contributed by atoms with E-state index < -0.39 is 29.4 Å². The number of hydrogen-bond donors (Lipinski definition) is 1. The van der Waals surface area contributed by atoms with Gasteiger partial charge in [-0.15, -0.1) is 0 Å². The molecule has 9 heteroatoms. The van der Waals surface area contributed by atoms with Crippen molar-refractivity contribution in [3.63, 3.8) is 0 Å². The van der Waals surface area contributed by atoms with Crippen LogP contribution in [-0.4, -0.2) is 76.3 Å². The Morgan fingerprint density at radius 2 is 2.07 bits per heavy atom. The van der Waals surface area contributed by atoms with Gasteiger partial charge >= 0.3 is 5.97 Å². The molecule has 4 aliphatic heterocycles. The Labute approximate surface area is 174 Å². The second kappa shape index (κ2) is 6.99. The molecule has 4 aliphatic rings. The van der Waals surface area contributed by atoms with Gasteiger partial charge in [0.1, 0.15) is 11.8 Å². The molecular weight excluding hydrogens is 386 g/mol. The number of carboxylic acids is 1. The fraction of sp³-hybridized carbons (Fsp3) is 0.524. The van der Waals surface area contributed by atoms with Gasteiger partial charge in [-0.1, -0.05) is 19.4 Å². The standard InChI is InChI=1S/C21H23N5O4/c1-11(2)15(19(28)25-9-13(6-22)10-25)26-8-12(3)14-7-23-5-4-21(14)16(20(29)30)24-18(27)17(21)26/h4-5,7,11,13,15,17H,8-10H2,1-3H3,(H,29,30). The monoisotopic (exact) mass is 409 g/mol. The van der Waals surface area contributed by atoms with Gasteiger partial charge in [-0.05, 0) is 24.5 Å². The van der Waals surface area contributed by atoms with Crippen LogP contribution < -0.4 is 0 Å². The van der Waals surface area contributed by atoms with E-state index in [0.29, 0.717) is 25.2 Å². The number of rotatable bonds is 4. The van der Waals surface area contributed by atoms with Gasteiger partial charge < -0.3 is 10.0 Å². The van der Waals surface area contributed by atoms with Gasteiger partial charge in [0.2, 0.25) is 5.91 Å². The Morgan fingerprint density at radius 1 is 1.37 bits per heavy atom. The van der Waals surface area contributed by atoms with Crippen molar-refractivity contribution in [1.29, 1.82) is 5.26 Å². The van der Waals surface area contributed by atoms with Crippen LogP contribution >= 0.6 is 0 Å². The number of aliphatic imine (C=N–C) groups is 2. The van der Waals surface area contributed by atoms with Gasteiger partial charge in [0, 0.05) is 32.0 Å². The molecule has 2 amide bonds. The van der Waals surface area contributed by atoms with E-state index in [1.807, 2.05) is 20.8 Å². The average Bonchev–Trinajstić information content (AvgIpc) is 2.93. The lowest BCUT2D eigenvalue weighted by Gasteiger charge is -2.50. The molecule has 0 aromatic carbocycles. The molecule has 1 saturated heterocycles. The van der Waals surface area contributed by atoms with Crippen LogP contribution in [0.25, 0.3) is 0 Å². The molecule has 0 aliphatic carbocycles. The summed E-state index contributed by atoms with van der Waals surface area (Å²) in [7, 11) is 0. The Hall–Kier alpha value is -3.12. The largest absolute Gasteiger partial charge is 0.477 e. The van der Waals surface area contributed by atoms with E-state index in [9.17, 15) is 19.5 Å². The molecule has 156 valence electrons. The first-order valence-electron chi connectivity index (χ1n) is 9.94. The summed E-state index contributed by atoms with van der Waals surface area (Å²) in [5, 5.41) is 18.9. The molecule has 0 bridgehead atoms. The number of carbonyl (C=O) groups excluding carboxylic acids is 2. The summed E-state index contributed by atoms with van der Waals surface area (Å²) in [5.41, 5.74) is 0.00828. The Kier molecular flexibility index (Phi) is 4.70. The smallest absolute Gasteiger partial charge is 0.351 e. The highest BCUT2D eigenvalue weighted by molar-refractivity contribution is 6.44. The minimum absolute atomic E-state index is 0.132. The predicted molar refractivity (Wildman–Crippen MR) is 108 cm³/mol. The maximum absolute atomic E-state index is 13.4. The number of aliphatic carboxylic acids is 1. The van der Waals surface area contributed by atoms with E-state index in [-0.39, 0.29) is 23.5 Å². The highest BCUT2D eigenvalue weighted by Gasteiger charge is 2.62. The third-order valence-corrected chi connectivity index (χ3v) is 6.38. The second-order valence-corrected chi connectivity index (χ2v) is 8.59. The maximum atomic E-state index is 13.4. The summed E-state index contributed by atoms with van der Waals surface area (Å²) in [6, 6.07) is 0.605. The molecule has 0 aromatic heterocycles. The molecule has 0 aromatic rings. The van der Waals surface area contributed by atoms with Crippen molar-refractivity contribution in [2.45, 2.75) is 32.9 Å². The van der Waals surface area contributed by atoms with Crippen LogP contribution in [0.15, 0.2) is 33.4 Å². The van der Waals surface area contributed by atoms with Gasteiger partial charge in [-0.2, -0.15) is 5.26 Å². The van der Waals surface area contributed by atoms with E-state index >= 15 is 0 Å². The zero-order valence-corrected chi connectivity index (χ0v) is 17.1. The van der Waals surface area contributed by atoms with E-state index in [4.69, 9.17) is 5.26 Å². The van der Waals surface area contributed by atoms with Crippen LogP contribution in [0, 0.1) is 28.6 Å². The molecule has 0 radical (unpaired) electrons. The van der Waals surface area contributed by atoms with E-state index in [0.717, 1.165) is 5.57 Å².